The van der Waals surface area contributed by atoms with Crippen molar-refractivity contribution in [1.29, 1.82) is 0 Å². The topological polar surface area (TPSA) is 111 Å². The van der Waals surface area contributed by atoms with Crippen molar-refractivity contribution in [2.45, 2.75) is 41.9 Å². The summed E-state index contributed by atoms with van der Waals surface area (Å²) in [5.74, 6) is 0. The molecule has 0 aromatic heterocycles. The van der Waals surface area contributed by atoms with Crippen LogP contribution in [0.3, 0.4) is 0 Å². The van der Waals surface area contributed by atoms with Gasteiger partial charge in [-0.2, -0.15) is 0 Å². The molecule has 4 bridgehead atoms. The fourth-order valence-corrected chi connectivity index (χ4v) is 53.2. The summed E-state index contributed by atoms with van der Waals surface area (Å²) in [7, 11) is -36.2. The lowest BCUT2D eigenvalue weighted by Gasteiger charge is -2.58. The molecule has 3 fully saturated rings. The molecule has 10 rings (SSSR count). The van der Waals surface area contributed by atoms with Crippen molar-refractivity contribution in [2.75, 3.05) is 0 Å². The second kappa shape index (κ2) is 22.6. The first kappa shape index (κ1) is 54.0. The van der Waals surface area contributed by atoms with E-state index in [1.54, 1.807) is 0 Å². The molecule has 0 saturated carbocycles. The first-order valence-electron chi connectivity index (χ1n) is 22.4. The zero-order chi connectivity index (χ0) is 45.9. The molecule has 0 aliphatic carbocycles. The van der Waals surface area contributed by atoms with Gasteiger partial charge < -0.3 is 49.4 Å². The molecule has 7 aromatic carbocycles. The third-order valence-corrected chi connectivity index (χ3v) is 46.0. The average Bonchev–Trinajstić information content (AvgIpc) is 3.37. The van der Waals surface area contributed by atoms with Gasteiger partial charge in [0.05, 0.1) is 0 Å². The Kier molecular flexibility index (Phi) is 17.4. The quantitative estimate of drug-likeness (QED) is 0.158. The van der Waals surface area contributed by atoms with Gasteiger partial charge in [-0.3, -0.25) is 0 Å². The Morgan fingerprint density at radius 1 is 0.243 bits per heavy atom. The summed E-state index contributed by atoms with van der Waals surface area (Å²) in [5.41, 5.74) is 0. The van der Waals surface area contributed by atoms with E-state index < -0.39 is 90.9 Å². The summed E-state index contributed by atoms with van der Waals surface area (Å²) in [6, 6.07) is 68.3. The van der Waals surface area contributed by atoms with E-state index in [0.717, 1.165) is 0 Å². The monoisotopic (exact) mass is 1110 g/mol. The smallest absolute Gasteiger partial charge is 0.419 e. The van der Waals surface area contributed by atoms with Crippen LogP contribution in [0.4, 0.5) is 0 Å². The van der Waals surface area contributed by atoms with Gasteiger partial charge in [-0.05, 0) is 0 Å². The third kappa shape index (κ3) is 10.0. The van der Waals surface area contributed by atoms with E-state index in [2.05, 4.69) is 19.6 Å². The highest BCUT2D eigenvalue weighted by Gasteiger charge is 2.80. The summed E-state index contributed by atoms with van der Waals surface area (Å²) in [5, 5.41) is 4.42. The van der Waals surface area contributed by atoms with E-state index in [4.69, 9.17) is 49.4 Å². The lowest BCUT2D eigenvalue weighted by Crippen LogP contribution is -2.91. The summed E-state index contributed by atoms with van der Waals surface area (Å²) in [6.07, 6.45) is 0. The highest BCUT2D eigenvalue weighted by molar-refractivity contribution is 7.10. The van der Waals surface area contributed by atoms with Crippen molar-refractivity contribution in [3.05, 3.63) is 212 Å². The molecule has 0 unspecified atom stereocenters. The molecule has 12 nitrogen and oxygen atoms in total. The van der Waals surface area contributed by atoms with Gasteiger partial charge >= 0.3 is 61.6 Å². The van der Waals surface area contributed by atoms with Crippen LogP contribution in [0.15, 0.2) is 212 Å². The van der Waals surface area contributed by atoms with Crippen LogP contribution in [-0.4, -0.2) is 90.9 Å². The molecule has 366 valence electrons. The normalized spacial score (nSPS) is 29.8. The molecule has 7 aromatic rings. The molecule has 3 heterocycles. The summed E-state index contributed by atoms with van der Waals surface area (Å²) < 4.78 is 94.7. The average molecular weight is 1110 g/mol. The van der Waals surface area contributed by atoms with Gasteiger partial charge in [-0.15, -0.1) is 0 Å². The Bertz CT molecular complexity index is 2430. The van der Waals surface area contributed by atoms with Crippen LogP contribution in [0.1, 0.15) is 22.3 Å². The number of hydrogen-bond donors (Lipinski definition) is 0. The molecule has 0 spiro atoms. The van der Waals surface area contributed by atoms with Crippen LogP contribution in [0, 0.1) is 0 Å². The minimum atomic E-state index is -4.73. The molecular formula is C48H62O12Si10. The van der Waals surface area contributed by atoms with Gasteiger partial charge in [-0.1, -0.05) is 254 Å². The zero-order valence-corrected chi connectivity index (χ0v) is 48.5. The number of rotatable bonds is 13. The van der Waals surface area contributed by atoms with Gasteiger partial charge in [-0.25, -0.2) is 0 Å². The van der Waals surface area contributed by atoms with Crippen molar-refractivity contribution < 1.29 is 49.4 Å². The van der Waals surface area contributed by atoms with Crippen molar-refractivity contribution in [1.82, 2.24) is 0 Å². The fraction of sp³-hybridized carbons (Fsp3) is 0.125. The van der Waals surface area contributed by atoms with E-state index in [9.17, 15) is 0 Å². The lowest BCUT2D eigenvalue weighted by molar-refractivity contribution is 0.0404. The zero-order valence-electron chi connectivity index (χ0n) is 37.2. The van der Waals surface area contributed by atoms with Crippen LogP contribution in [0.2, 0.25) is 19.6 Å². The molecule has 0 amide bonds. The molecular weight excluding hydrogens is 1050 g/mol. The minimum absolute atomic E-state index is 0. The predicted molar refractivity (Wildman–Crippen MR) is 299 cm³/mol. The number of benzene rings is 7. The maximum atomic E-state index is 8.15. The van der Waals surface area contributed by atoms with Crippen molar-refractivity contribution in [3.63, 3.8) is 0 Å². The van der Waals surface area contributed by atoms with Gasteiger partial charge in [0.2, 0.25) is 0 Å². The Balaban J connectivity index is 0.00000241. The van der Waals surface area contributed by atoms with Crippen LogP contribution in [-0.2, 0) is 49.4 Å². The third-order valence-electron chi connectivity index (χ3n) is 11.3. The van der Waals surface area contributed by atoms with Crippen LogP contribution in [0.25, 0.3) is 0 Å². The first-order valence-corrected chi connectivity index (χ1v) is 40.4. The lowest BCUT2D eigenvalue weighted by atomic mass is 10.4. The SMILES string of the molecule is C.C.C.C[SiH2]O[Si]1(c2ccccc2)O[Si]2(c3ccccc3)O[Si](O[SiH2]C)(c3ccccc3)O[Si]3(c4ccccc4)O[Si](O[SiH2]C)(c4ccccc4)O[Si](c4ccccc4)(O1)O[Si](c1ccccc1)(O2)O3. The fourth-order valence-electron chi connectivity index (χ4n) is 8.46. The van der Waals surface area contributed by atoms with Gasteiger partial charge in [0.25, 0.3) is 0 Å². The van der Waals surface area contributed by atoms with Crippen molar-refractivity contribution in [2.24, 2.45) is 0 Å². The van der Waals surface area contributed by atoms with Crippen molar-refractivity contribution >= 4 is 127 Å². The largest absolute Gasteiger partial charge is 0.515 e. The number of fused-ring (bicyclic) bond motifs is 3. The second-order valence-corrected chi connectivity index (χ2v) is 40.0. The molecule has 0 N–H and O–H groups in total. The van der Waals surface area contributed by atoms with Gasteiger partial charge in [0.15, 0.2) is 0 Å². The van der Waals surface area contributed by atoms with E-state index >= 15 is 0 Å². The molecule has 70 heavy (non-hydrogen) atoms. The molecule has 0 atom stereocenters. The molecule has 22 heteroatoms. The maximum Gasteiger partial charge on any atom is 0.515 e. The van der Waals surface area contributed by atoms with Crippen LogP contribution < -0.4 is 36.3 Å². The van der Waals surface area contributed by atoms with Gasteiger partial charge in [0, 0.05) is 36.3 Å². The van der Waals surface area contributed by atoms with E-state index in [1.807, 2.05) is 212 Å². The standard InChI is InChI=1S/C45H50O12Si10.3CH4/c1-58-46-61(39-25-11-4-12-26-39)49-64(42-31-17-7-18-32-42)51-62(47-59-2,40-27-13-5-14-28-40)53-66(44-35-21-9-22-36-44)54-63(48-60-3,41-29-15-6-16-30-41)52-65(50-61,43-33-19-8-20-34-43)56-67(55-64,57-66)45-37-23-10-24-38-45;;;/h4-38H,58-60H2,1-3H3;3*1H4. The summed E-state index contributed by atoms with van der Waals surface area (Å²) in [4.78, 5) is 0. The van der Waals surface area contributed by atoms with Crippen LogP contribution in [0.5, 0.6) is 0 Å². The summed E-state index contributed by atoms with van der Waals surface area (Å²) in [6.45, 7) is 6.16. The molecule has 3 saturated heterocycles. The van der Waals surface area contributed by atoms with Crippen LogP contribution >= 0.6 is 0 Å². The highest BCUT2D eigenvalue weighted by atomic mass is 28.6. The number of hydrogen-bond acceptors (Lipinski definition) is 12. The Morgan fingerprint density at radius 2 is 0.400 bits per heavy atom. The van der Waals surface area contributed by atoms with Gasteiger partial charge in [0.1, 0.15) is 29.3 Å². The van der Waals surface area contributed by atoms with E-state index in [1.165, 1.54) is 0 Å². The first-order chi connectivity index (χ1) is 32.8. The van der Waals surface area contributed by atoms with E-state index in [-0.39, 0.29) is 22.3 Å². The second-order valence-electron chi connectivity index (χ2n) is 15.7. The van der Waals surface area contributed by atoms with Crippen molar-refractivity contribution in [3.8, 4) is 0 Å². The Hall–Kier alpha value is -3.77. The minimum Gasteiger partial charge on any atom is -0.419 e. The molecule has 0 radical (unpaired) electrons. The van der Waals surface area contributed by atoms with E-state index in [0.29, 0.717) is 36.3 Å². The Labute approximate surface area is 428 Å². The summed E-state index contributed by atoms with van der Waals surface area (Å²) >= 11 is 0. The molecule has 3 aliphatic heterocycles. The maximum absolute atomic E-state index is 8.15. The highest BCUT2D eigenvalue weighted by Crippen LogP contribution is 2.43. The Morgan fingerprint density at radius 3 is 0.571 bits per heavy atom. The predicted octanol–water partition coefficient (Wildman–Crippen LogP) is 3.45. The molecule has 3 aliphatic rings.